The molecular weight excluding hydrogens is 312 g/mol. The summed E-state index contributed by atoms with van der Waals surface area (Å²) in [6, 6.07) is 7.36. The number of benzene rings is 1. The van der Waals surface area contributed by atoms with Crippen LogP contribution in [-0.4, -0.2) is 30.2 Å². The fraction of sp³-hybridized carbons (Fsp3) is 0.385. The third-order valence-electron chi connectivity index (χ3n) is 3.14. The summed E-state index contributed by atoms with van der Waals surface area (Å²) < 4.78 is 0.851. The molecule has 19 heavy (non-hydrogen) atoms. The fourth-order valence-electron chi connectivity index (χ4n) is 2.13. The molecule has 0 bridgehead atoms. The van der Waals surface area contributed by atoms with Gasteiger partial charge >= 0.3 is 12.0 Å². The Hall–Kier alpha value is -1.56. The number of carboxylic acid groups (broad SMARTS) is 1. The number of halogens is 1. The lowest BCUT2D eigenvalue weighted by atomic mass is 10.0. The smallest absolute Gasteiger partial charge is 0.321 e. The van der Waals surface area contributed by atoms with E-state index in [9.17, 15) is 9.59 Å². The number of aliphatic carboxylic acids is 1. The van der Waals surface area contributed by atoms with Crippen molar-refractivity contribution in [1.29, 1.82) is 0 Å². The topological polar surface area (TPSA) is 69.6 Å². The van der Waals surface area contributed by atoms with Crippen LogP contribution in [0.4, 0.5) is 10.5 Å². The van der Waals surface area contributed by atoms with Crippen molar-refractivity contribution in [2.24, 2.45) is 5.92 Å². The minimum atomic E-state index is -0.802. The van der Waals surface area contributed by atoms with Crippen LogP contribution in [0.3, 0.4) is 0 Å². The normalized spacial score (nSPS) is 19.1. The molecule has 1 aromatic rings. The van der Waals surface area contributed by atoms with E-state index in [2.05, 4.69) is 21.2 Å². The number of amides is 2. The molecule has 5 nitrogen and oxygen atoms in total. The monoisotopic (exact) mass is 326 g/mol. The molecule has 1 unspecified atom stereocenters. The van der Waals surface area contributed by atoms with Crippen LogP contribution in [0.25, 0.3) is 0 Å². The Kier molecular flexibility index (Phi) is 4.42. The van der Waals surface area contributed by atoms with E-state index < -0.39 is 5.97 Å². The van der Waals surface area contributed by atoms with Crippen molar-refractivity contribution in [3.05, 3.63) is 28.7 Å². The van der Waals surface area contributed by atoms with Crippen molar-refractivity contribution in [2.75, 3.05) is 18.0 Å². The van der Waals surface area contributed by atoms with Gasteiger partial charge in [-0.1, -0.05) is 12.1 Å². The van der Waals surface area contributed by atoms with Crippen molar-refractivity contribution in [2.45, 2.75) is 12.8 Å². The maximum Gasteiger partial charge on any atom is 0.321 e. The van der Waals surface area contributed by atoms with E-state index >= 15 is 0 Å². The number of rotatable bonds is 4. The van der Waals surface area contributed by atoms with Crippen molar-refractivity contribution in [3.8, 4) is 0 Å². The van der Waals surface area contributed by atoms with Crippen molar-refractivity contribution >= 4 is 33.6 Å². The molecule has 0 spiro atoms. The molecule has 1 aliphatic rings. The SMILES string of the molecule is O=C(O)CCC1CNC(=O)N(c2ccccc2Br)C1. The number of hydrogen-bond acceptors (Lipinski definition) is 2. The first-order valence-electron chi connectivity index (χ1n) is 6.09. The van der Waals surface area contributed by atoms with Gasteiger partial charge in [-0.2, -0.15) is 0 Å². The summed E-state index contributed by atoms with van der Waals surface area (Å²) in [5.74, 6) is -0.648. The van der Waals surface area contributed by atoms with Crippen LogP contribution in [0.5, 0.6) is 0 Å². The van der Waals surface area contributed by atoms with Crippen LogP contribution < -0.4 is 10.2 Å². The zero-order valence-corrected chi connectivity index (χ0v) is 11.9. The first-order chi connectivity index (χ1) is 9.08. The van der Waals surface area contributed by atoms with E-state index in [0.29, 0.717) is 19.5 Å². The van der Waals surface area contributed by atoms with E-state index in [4.69, 9.17) is 5.11 Å². The average molecular weight is 327 g/mol. The Bertz CT molecular complexity index is 493. The molecular formula is C13H15BrN2O3. The summed E-state index contributed by atoms with van der Waals surface area (Å²) in [4.78, 5) is 24.2. The first-order valence-corrected chi connectivity index (χ1v) is 6.89. The van der Waals surface area contributed by atoms with Crippen molar-refractivity contribution in [3.63, 3.8) is 0 Å². The second-order valence-electron chi connectivity index (χ2n) is 4.55. The highest BCUT2D eigenvalue weighted by atomic mass is 79.9. The fourth-order valence-corrected chi connectivity index (χ4v) is 2.63. The second kappa shape index (κ2) is 6.06. The Labute approximate surface area is 119 Å². The molecule has 2 N–H and O–H groups in total. The number of anilines is 1. The molecule has 1 aromatic carbocycles. The molecule has 1 heterocycles. The van der Waals surface area contributed by atoms with E-state index in [0.717, 1.165) is 10.2 Å². The number of urea groups is 1. The number of nitrogens with zero attached hydrogens (tertiary/aromatic N) is 1. The molecule has 6 heteroatoms. The lowest BCUT2D eigenvalue weighted by molar-refractivity contribution is -0.137. The zero-order valence-electron chi connectivity index (χ0n) is 10.3. The van der Waals surface area contributed by atoms with Gasteiger partial charge < -0.3 is 10.4 Å². The predicted molar refractivity (Wildman–Crippen MR) is 75.2 cm³/mol. The van der Waals surface area contributed by atoms with Gasteiger partial charge in [0.1, 0.15) is 0 Å². The lowest BCUT2D eigenvalue weighted by Gasteiger charge is -2.33. The summed E-state index contributed by atoms with van der Waals surface area (Å²) >= 11 is 3.43. The van der Waals surface area contributed by atoms with Crippen molar-refractivity contribution < 1.29 is 14.7 Å². The van der Waals surface area contributed by atoms with Gasteiger partial charge in [0.15, 0.2) is 0 Å². The van der Waals surface area contributed by atoms with Gasteiger partial charge in [-0.3, -0.25) is 9.69 Å². The minimum absolute atomic E-state index is 0.129. The van der Waals surface area contributed by atoms with Gasteiger partial charge in [-0.25, -0.2) is 4.79 Å². The van der Waals surface area contributed by atoms with Gasteiger partial charge in [0.2, 0.25) is 0 Å². The predicted octanol–water partition coefficient (Wildman–Crippen LogP) is 2.46. The van der Waals surface area contributed by atoms with E-state index in [1.165, 1.54) is 0 Å². The molecule has 2 amide bonds. The summed E-state index contributed by atoms with van der Waals surface area (Å²) in [5, 5.41) is 11.5. The van der Waals surface area contributed by atoms with Crippen LogP contribution in [0.1, 0.15) is 12.8 Å². The van der Waals surface area contributed by atoms with Gasteiger partial charge in [-0.05, 0) is 40.4 Å². The highest BCUT2D eigenvalue weighted by molar-refractivity contribution is 9.10. The molecule has 1 saturated heterocycles. The molecule has 102 valence electrons. The zero-order chi connectivity index (χ0) is 13.8. The molecule has 0 saturated carbocycles. The summed E-state index contributed by atoms with van der Waals surface area (Å²) in [7, 11) is 0. The highest BCUT2D eigenvalue weighted by Gasteiger charge is 2.27. The third kappa shape index (κ3) is 3.47. The van der Waals surface area contributed by atoms with Gasteiger partial charge in [0.25, 0.3) is 0 Å². The standard InChI is InChI=1S/C13H15BrN2O3/c14-10-3-1-2-4-11(10)16-8-9(5-6-12(17)18)7-15-13(16)19/h1-4,9H,5-8H2,(H,15,19)(H,17,18). The quantitative estimate of drug-likeness (QED) is 0.892. The molecule has 0 aliphatic carbocycles. The maximum absolute atomic E-state index is 11.9. The Morgan fingerprint density at radius 1 is 1.47 bits per heavy atom. The molecule has 1 fully saturated rings. The summed E-state index contributed by atoms with van der Waals surface area (Å²) in [6.07, 6.45) is 0.695. The van der Waals surface area contributed by atoms with Gasteiger partial charge in [0.05, 0.1) is 5.69 Å². The second-order valence-corrected chi connectivity index (χ2v) is 5.40. The molecule has 0 radical (unpaired) electrons. The summed E-state index contributed by atoms with van der Waals surface area (Å²) in [5.41, 5.74) is 0.806. The maximum atomic E-state index is 11.9. The highest BCUT2D eigenvalue weighted by Crippen LogP contribution is 2.28. The molecule has 1 atom stereocenters. The van der Waals surface area contributed by atoms with Crippen LogP contribution in [0.2, 0.25) is 0 Å². The number of para-hydroxylation sites is 1. The molecule has 2 rings (SSSR count). The van der Waals surface area contributed by atoms with E-state index in [1.807, 2.05) is 24.3 Å². The Morgan fingerprint density at radius 2 is 2.21 bits per heavy atom. The minimum Gasteiger partial charge on any atom is -0.481 e. The number of nitrogens with one attached hydrogen (secondary N) is 1. The number of carbonyl (C=O) groups excluding carboxylic acids is 1. The van der Waals surface area contributed by atoms with Crippen molar-refractivity contribution in [1.82, 2.24) is 5.32 Å². The van der Waals surface area contributed by atoms with Crippen LogP contribution in [0, 0.1) is 5.92 Å². The number of carboxylic acids is 1. The Morgan fingerprint density at radius 3 is 2.89 bits per heavy atom. The Balaban J connectivity index is 2.09. The van der Waals surface area contributed by atoms with Crippen LogP contribution in [0.15, 0.2) is 28.7 Å². The lowest BCUT2D eigenvalue weighted by Crippen LogP contribution is -2.51. The van der Waals surface area contributed by atoms with E-state index in [-0.39, 0.29) is 18.4 Å². The van der Waals surface area contributed by atoms with Crippen LogP contribution in [-0.2, 0) is 4.79 Å². The number of carbonyl (C=O) groups is 2. The summed E-state index contributed by atoms with van der Waals surface area (Å²) in [6.45, 7) is 1.08. The third-order valence-corrected chi connectivity index (χ3v) is 3.81. The average Bonchev–Trinajstić information content (AvgIpc) is 2.38. The van der Waals surface area contributed by atoms with E-state index in [1.54, 1.807) is 4.90 Å². The van der Waals surface area contributed by atoms with Crippen LogP contribution >= 0.6 is 15.9 Å². The molecule has 1 aliphatic heterocycles. The molecule has 0 aromatic heterocycles. The number of hydrogen-bond donors (Lipinski definition) is 2. The van der Waals surface area contributed by atoms with Gasteiger partial charge in [-0.15, -0.1) is 0 Å². The first kappa shape index (κ1) is 13.9. The largest absolute Gasteiger partial charge is 0.481 e. The van der Waals surface area contributed by atoms with Gasteiger partial charge in [0, 0.05) is 24.0 Å².